The number of aliphatic carboxylic acids is 1. The molecule has 0 aliphatic heterocycles. The first-order chi connectivity index (χ1) is 10.7. The topological polar surface area (TPSA) is 57.5 Å². The summed E-state index contributed by atoms with van der Waals surface area (Å²) in [4.78, 5) is 12.1. The highest BCUT2D eigenvalue weighted by Gasteiger charge is 2.66. The number of carboxylic acid groups (broad SMARTS) is 1. The molecule has 0 unspecified atom stereocenters. The van der Waals surface area contributed by atoms with Gasteiger partial charge in [-0.2, -0.15) is 0 Å². The average molecular weight is 318 g/mol. The van der Waals surface area contributed by atoms with E-state index in [1.54, 1.807) is 12.5 Å². The molecule has 0 amide bonds. The van der Waals surface area contributed by atoms with Crippen LogP contribution in [0.25, 0.3) is 0 Å². The van der Waals surface area contributed by atoms with Gasteiger partial charge in [-0.05, 0) is 87.4 Å². The van der Waals surface area contributed by atoms with Crippen molar-refractivity contribution in [1.29, 1.82) is 0 Å². The smallest absolute Gasteiger partial charge is 0.312 e. The Bertz CT molecular complexity index is 581. The Morgan fingerprint density at radius 2 is 1.87 bits per heavy atom. The van der Waals surface area contributed by atoms with E-state index in [-0.39, 0.29) is 11.3 Å². The van der Waals surface area contributed by atoms with Gasteiger partial charge in [0.25, 0.3) is 0 Å². The molecule has 3 saturated carbocycles. The minimum absolute atomic E-state index is 0.0523. The summed E-state index contributed by atoms with van der Waals surface area (Å²) in [7, 11) is 0. The molecule has 0 aromatic heterocycles. The first kappa shape index (κ1) is 15.7. The van der Waals surface area contributed by atoms with Gasteiger partial charge < -0.3 is 10.2 Å². The molecular weight excluding hydrogens is 288 g/mol. The quantitative estimate of drug-likeness (QED) is 0.718. The maximum absolute atomic E-state index is 12.1. The van der Waals surface area contributed by atoms with Gasteiger partial charge in [-0.3, -0.25) is 4.79 Å². The van der Waals surface area contributed by atoms with E-state index in [0.717, 1.165) is 25.2 Å². The summed E-state index contributed by atoms with van der Waals surface area (Å²) in [5, 5.41) is 20.4. The fourth-order valence-corrected chi connectivity index (χ4v) is 7.40. The third kappa shape index (κ3) is 1.78. The molecule has 0 heterocycles. The summed E-state index contributed by atoms with van der Waals surface area (Å²) in [5.74, 6) is 0.654. The Balaban J connectivity index is 1.78. The summed E-state index contributed by atoms with van der Waals surface area (Å²) in [6.07, 6.45) is 9.33. The van der Waals surface area contributed by atoms with Crippen molar-refractivity contribution < 1.29 is 15.0 Å². The zero-order valence-corrected chi connectivity index (χ0v) is 14.6. The van der Waals surface area contributed by atoms with E-state index in [4.69, 9.17) is 0 Å². The monoisotopic (exact) mass is 318 g/mol. The minimum atomic E-state index is -0.983. The molecule has 128 valence electrons. The number of hydrogen-bond acceptors (Lipinski definition) is 2. The normalized spacial score (nSPS) is 54.9. The van der Waals surface area contributed by atoms with Crippen molar-refractivity contribution in [2.75, 3.05) is 0 Å². The Kier molecular flexibility index (Phi) is 3.15. The number of aliphatic hydroxyl groups excluding tert-OH is 1. The van der Waals surface area contributed by atoms with Crippen LogP contribution in [-0.2, 0) is 4.79 Å². The van der Waals surface area contributed by atoms with Crippen molar-refractivity contribution in [2.45, 2.75) is 71.8 Å². The molecule has 3 fully saturated rings. The number of allylic oxidation sites excluding steroid dienone is 2. The Hall–Kier alpha value is -0.830. The van der Waals surface area contributed by atoms with E-state index in [0.29, 0.717) is 17.8 Å². The predicted octanol–water partition coefficient (Wildman–Crippen LogP) is 4.01. The second-order valence-electron chi connectivity index (χ2n) is 9.39. The molecule has 0 aromatic carbocycles. The molecule has 1 spiro atoms. The van der Waals surface area contributed by atoms with Gasteiger partial charge >= 0.3 is 5.97 Å². The molecule has 2 N–H and O–H groups in total. The number of carbonyl (C=O) groups is 1. The standard InChI is InChI=1S/C20H30O3/c1-12-10-20-9-6-14-18(2,15(20)5-4-13(12)11-20)8-7-16(21)19(14,3)17(22)23/h10,13-16,21H,4-9,11H2,1-3H3,(H,22,23)/t13-,14+,15+,16-,18-,19+,20-/m1/s1. The molecule has 23 heavy (non-hydrogen) atoms. The summed E-state index contributed by atoms with van der Waals surface area (Å²) in [5.41, 5.74) is 0.964. The molecule has 2 bridgehead atoms. The number of hydrogen-bond donors (Lipinski definition) is 2. The summed E-state index contributed by atoms with van der Waals surface area (Å²) in [6, 6.07) is 0. The van der Waals surface area contributed by atoms with E-state index in [1.165, 1.54) is 19.3 Å². The lowest BCUT2D eigenvalue weighted by atomic mass is 9.40. The Labute approximate surface area is 139 Å². The lowest BCUT2D eigenvalue weighted by Crippen LogP contribution is -2.62. The molecule has 4 rings (SSSR count). The van der Waals surface area contributed by atoms with E-state index >= 15 is 0 Å². The highest BCUT2D eigenvalue weighted by atomic mass is 16.4. The van der Waals surface area contributed by atoms with Gasteiger partial charge in [-0.25, -0.2) is 0 Å². The van der Waals surface area contributed by atoms with Crippen LogP contribution in [0.4, 0.5) is 0 Å². The highest BCUT2D eigenvalue weighted by molar-refractivity contribution is 5.76. The van der Waals surface area contributed by atoms with Crippen LogP contribution in [0.2, 0.25) is 0 Å². The van der Waals surface area contributed by atoms with Crippen LogP contribution < -0.4 is 0 Å². The van der Waals surface area contributed by atoms with Gasteiger partial charge in [0, 0.05) is 0 Å². The van der Waals surface area contributed by atoms with Crippen LogP contribution in [0, 0.1) is 34.0 Å². The Morgan fingerprint density at radius 3 is 2.57 bits per heavy atom. The van der Waals surface area contributed by atoms with Gasteiger partial charge in [0.1, 0.15) is 0 Å². The first-order valence-corrected chi connectivity index (χ1v) is 9.35. The lowest BCUT2D eigenvalue weighted by Gasteiger charge is -2.64. The highest BCUT2D eigenvalue weighted by Crippen LogP contribution is 2.70. The molecule has 3 nitrogen and oxygen atoms in total. The third-order valence-electron chi connectivity index (χ3n) is 8.61. The van der Waals surface area contributed by atoms with Crippen molar-refractivity contribution in [2.24, 2.45) is 34.0 Å². The molecular formula is C20H30O3. The predicted molar refractivity (Wildman–Crippen MR) is 88.8 cm³/mol. The number of aliphatic hydroxyl groups is 1. The van der Waals surface area contributed by atoms with Crippen molar-refractivity contribution >= 4 is 5.97 Å². The molecule has 0 saturated heterocycles. The van der Waals surface area contributed by atoms with E-state index in [9.17, 15) is 15.0 Å². The fraction of sp³-hybridized carbons (Fsp3) is 0.850. The van der Waals surface area contributed by atoms with E-state index in [1.807, 2.05) is 0 Å². The van der Waals surface area contributed by atoms with Crippen molar-refractivity contribution in [1.82, 2.24) is 0 Å². The molecule has 0 radical (unpaired) electrons. The third-order valence-corrected chi connectivity index (χ3v) is 8.61. The number of carboxylic acids is 1. The van der Waals surface area contributed by atoms with E-state index in [2.05, 4.69) is 19.9 Å². The van der Waals surface area contributed by atoms with Crippen molar-refractivity contribution in [3.05, 3.63) is 11.6 Å². The van der Waals surface area contributed by atoms with Gasteiger partial charge in [0.15, 0.2) is 0 Å². The van der Waals surface area contributed by atoms with Crippen molar-refractivity contribution in [3.8, 4) is 0 Å². The van der Waals surface area contributed by atoms with Crippen molar-refractivity contribution in [3.63, 3.8) is 0 Å². The molecule has 3 heteroatoms. The van der Waals surface area contributed by atoms with Gasteiger partial charge in [-0.1, -0.05) is 18.6 Å². The van der Waals surface area contributed by atoms with Gasteiger partial charge in [-0.15, -0.1) is 0 Å². The van der Waals surface area contributed by atoms with Crippen LogP contribution in [0.1, 0.15) is 65.7 Å². The van der Waals surface area contributed by atoms with Crippen LogP contribution >= 0.6 is 0 Å². The van der Waals surface area contributed by atoms with E-state index < -0.39 is 17.5 Å². The lowest BCUT2D eigenvalue weighted by molar-refractivity contribution is -0.200. The van der Waals surface area contributed by atoms with Crippen LogP contribution in [-0.4, -0.2) is 22.3 Å². The summed E-state index contributed by atoms with van der Waals surface area (Å²) in [6.45, 7) is 6.45. The Morgan fingerprint density at radius 1 is 1.13 bits per heavy atom. The summed E-state index contributed by atoms with van der Waals surface area (Å²) >= 11 is 0. The largest absolute Gasteiger partial charge is 0.481 e. The SMILES string of the molecule is CC1=C[C@@]23CC[C@H]4[C@@](C)(CC[C@@H](O)[C@@]4(C)C(=O)O)[C@@H]2CC[C@@H]1C3. The summed E-state index contributed by atoms with van der Waals surface area (Å²) < 4.78 is 0. The fourth-order valence-electron chi connectivity index (χ4n) is 7.40. The zero-order chi connectivity index (χ0) is 16.6. The van der Waals surface area contributed by atoms with Crippen LogP contribution in [0.5, 0.6) is 0 Å². The molecule has 4 aliphatic carbocycles. The van der Waals surface area contributed by atoms with Crippen LogP contribution in [0.15, 0.2) is 11.6 Å². The second-order valence-corrected chi connectivity index (χ2v) is 9.39. The molecule has 7 atom stereocenters. The second kappa shape index (κ2) is 4.62. The van der Waals surface area contributed by atoms with Crippen LogP contribution in [0.3, 0.4) is 0 Å². The number of fused-ring (bicyclic) bond motifs is 3. The van der Waals surface area contributed by atoms with Gasteiger partial charge in [0.05, 0.1) is 11.5 Å². The van der Waals surface area contributed by atoms with Gasteiger partial charge in [0.2, 0.25) is 0 Å². The minimum Gasteiger partial charge on any atom is -0.481 e. The number of rotatable bonds is 1. The average Bonchev–Trinajstić information content (AvgIpc) is 2.73. The molecule has 0 aromatic rings. The molecule has 4 aliphatic rings. The maximum atomic E-state index is 12.1. The zero-order valence-electron chi connectivity index (χ0n) is 14.6. The first-order valence-electron chi connectivity index (χ1n) is 9.35. The maximum Gasteiger partial charge on any atom is 0.312 e.